The Balaban J connectivity index is 2.88. The van der Waals surface area contributed by atoms with Gasteiger partial charge in [0.1, 0.15) is 0 Å². The van der Waals surface area contributed by atoms with Crippen LogP contribution in [0.5, 0.6) is 0 Å². The van der Waals surface area contributed by atoms with Gasteiger partial charge in [-0.1, -0.05) is 47.8 Å². The molecule has 96 valence electrons. The van der Waals surface area contributed by atoms with Crippen molar-refractivity contribution in [2.45, 2.75) is 6.42 Å². The standard InChI is InChI=1S/C8H16Br3N2O2P/c9-4-8(5-10,6-11)7-13(2-1-3-13)16(12,14)15/h1-7H2,(H2-,12,14,15)/p+1. The lowest BCUT2D eigenvalue weighted by Gasteiger charge is -2.49. The van der Waals surface area contributed by atoms with Gasteiger partial charge in [-0.05, 0) is 0 Å². The third kappa shape index (κ3) is 2.92. The predicted octanol–water partition coefficient (Wildman–Crippen LogP) is 2.44. The zero-order valence-electron chi connectivity index (χ0n) is 8.91. The molecule has 0 aliphatic carbocycles. The van der Waals surface area contributed by atoms with Crippen LogP contribution < -0.4 is 5.50 Å². The molecule has 3 N–H and O–H groups in total. The molecule has 0 amide bonds. The molecule has 4 nitrogen and oxygen atoms in total. The smallest absolute Gasteiger partial charge is 0.289 e. The summed E-state index contributed by atoms with van der Waals surface area (Å²) >= 11 is 10.5. The van der Waals surface area contributed by atoms with Gasteiger partial charge in [0.15, 0.2) is 0 Å². The molecule has 0 radical (unpaired) electrons. The molecule has 0 bridgehead atoms. The lowest BCUT2D eigenvalue weighted by atomic mass is 9.94. The second-order valence-electron chi connectivity index (χ2n) is 4.54. The fourth-order valence-electron chi connectivity index (χ4n) is 1.93. The quantitative estimate of drug-likeness (QED) is 0.489. The van der Waals surface area contributed by atoms with E-state index in [0.29, 0.717) is 19.6 Å². The van der Waals surface area contributed by atoms with Crippen LogP contribution in [0.15, 0.2) is 0 Å². The summed E-state index contributed by atoms with van der Waals surface area (Å²) in [6.45, 7) is 2.04. The number of likely N-dealkylation sites (tertiary alicyclic amines) is 1. The lowest BCUT2D eigenvalue weighted by Crippen LogP contribution is -2.61. The zero-order valence-corrected chi connectivity index (χ0v) is 14.6. The first-order chi connectivity index (χ1) is 7.35. The highest BCUT2D eigenvalue weighted by molar-refractivity contribution is 9.10. The maximum absolute atomic E-state index is 11.8. The number of nitrogens with zero attached hydrogens (tertiary/aromatic N) is 1. The van der Waals surface area contributed by atoms with Crippen LogP contribution in [0.2, 0.25) is 0 Å². The Bertz CT molecular complexity index is 281. The highest BCUT2D eigenvalue weighted by atomic mass is 79.9. The molecule has 8 heteroatoms. The summed E-state index contributed by atoms with van der Waals surface area (Å²) in [6, 6.07) is 0. The van der Waals surface area contributed by atoms with E-state index in [1.54, 1.807) is 0 Å². The summed E-state index contributed by atoms with van der Waals surface area (Å²) in [5, 5.41) is 2.32. The Labute approximate surface area is 121 Å². The molecule has 0 saturated carbocycles. The zero-order chi connectivity index (χ0) is 12.4. The molecule has 16 heavy (non-hydrogen) atoms. The molecule has 1 aliphatic heterocycles. The second kappa shape index (κ2) is 5.68. The third-order valence-corrected chi connectivity index (χ3v) is 8.56. The highest BCUT2D eigenvalue weighted by Crippen LogP contribution is 2.52. The molecule has 0 aromatic rings. The Hall–Kier alpha value is 1.55. The molecule has 1 aliphatic rings. The summed E-state index contributed by atoms with van der Waals surface area (Å²) in [7, 11) is -3.56. The first-order valence-corrected chi connectivity index (χ1v) is 10.1. The van der Waals surface area contributed by atoms with Gasteiger partial charge in [-0.3, -0.25) is 4.89 Å². The maximum atomic E-state index is 11.8. The normalized spacial score (nSPS) is 23.6. The van der Waals surface area contributed by atoms with Crippen molar-refractivity contribution in [1.29, 1.82) is 0 Å². The van der Waals surface area contributed by atoms with Gasteiger partial charge in [0.2, 0.25) is 0 Å². The molecule has 1 rings (SSSR count). The average molecular weight is 444 g/mol. The van der Waals surface area contributed by atoms with Crippen molar-refractivity contribution in [2.24, 2.45) is 10.9 Å². The monoisotopic (exact) mass is 441 g/mol. The number of nitrogens with two attached hydrogens (primary N) is 1. The lowest BCUT2D eigenvalue weighted by molar-refractivity contribution is -0.864. The first-order valence-electron chi connectivity index (χ1n) is 5.01. The molecule has 1 unspecified atom stereocenters. The summed E-state index contributed by atoms with van der Waals surface area (Å²) in [4.78, 5) is 9.70. The maximum Gasteiger partial charge on any atom is 0.455 e. The molecule has 0 aromatic carbocycles. The van der Waals surface area contributed by atoms with Crippen LogP contribution >= 0.6 is 55.5 Å². The van der Waals surface area contributed by atoms with E-state index in [4.69, 9.17) is 5.50 Å². The Morgan fingerprint density at radius 2 is 1.69 bits per heavy atom. The van der Waals surface area contributed by atoms with Crippen molar-refractivity contribution in [3.05, 3.63) is 0 Å². The van der Waals surface area contributed by atoms with E-state index in [-0.39, 0.29) is 9.67 Å². The van der Waals surface area contributed by atoms with Crippen LogP contribution in [0.4, 0.5) is 0 Å². The SMILES string of the molecule is NP(=O)(O)[N+]1(CC(CBr)(CBr)CBr)CCC1. The second-order valence-corrected chi connectivity index (χ2v) is 8.25. The predicted molar refractivity (Wildman–Crippen MR) is 77.3 cm³/mol. The van der Waals surface area contributed by atoms with Crippen LogP contribution in [0.25, 0.3) is 0 Å². The van der Waals surface area contributed by atoms with Crippen molar-refractivity contribution in [3.63, 3.8) is 0 Å². The number of halogens is 3. The van der Waals surface area contributed by atoms with Gasteiger partial charge in [0, 0.05) is 27.8 Å². The topological polar surface area (TPSA) is 63.3 Å². The summed E-state index contributed by atoms with van der Waals surface area (Å²) < 4.78 is 12.0. The molecular formula is C8H17Br3N2O2P+. The number of hydrogen-bond donors (Lipinski definition) is 2. The van der Waals surface area contributed by atoms with Crippen LogP contribution in [-0.4, -0.2) is 44.8 Å². The molecule has 1 atom stereocenters. The van der Waals surface area contributed by atoms with E-state index in [2.05, 4.69) is 47.8 Å². The minimum absolute atomic E-state index is 0.0713. The van der Waals surface area contributed by atoms with Crippen LogP contribution in [0.3, 0.4) is 0 Å². The van der Waals surface area contributed by atoms with E-state index in [0.717, 1.165) is 22.4 Å². The first kappa shape index (κ1) is 15.6. The summed E-state index contributed by atoms with van der Waals surface area (Å²) in [5.74, 6) is 0. The van der Waals surface area contributed by atoms with Crippen molar-refractivity contribution < 1.29 is 13.7 Å². The molecule has 0 spiro atoms. The van der Waals surface area contributed by atoms with Crippen LogP contribution in [0.1, 0.15) is 6.42 Å². The van der Waals surface area contributed by atoms with Crippen molar-refractivity contribution in [3.8, 4) is 0 Å². The van der Waals surface area contributed by atoms with Gasteiger partial charge in [-0.25, -0.2) is 14.3 Å². The summed E-state index contributed by atoms with van der Waals surface area (Å²) in [6.07, 6.45) is 0.977. The van der Waals surface area contributed by atoms with Gasteiger partial charge >= 0.3 is 7.67 Å². The highest BCUT2D eigenvalue weighted by Gasteiger charge is 2.53. The van der Waals surface area contributed by atoms with Crippen molar-refractivity contribution in [1.82, 2.24) is 0 Å². The Morgan fingerprint density at radius 3 is 1.88 bits per heavy atom. The van der Waals surface area contributed by atoms with E-state index >= 15 is 0 Å². The third-order valence-electron chi connectivity index (χ3n) is 3.24. The fourth-order valence-corrected chi connectivity index (χ4v) is 6.60. The number of rotatable bonds is 6. The van der Waals surface area contributed by atoms with E-state index in [1.165, 1.54) is 0 Å². The minimum Gasteiger partial charge on any atom is -0.289 e. The Morgan fingerprint density at radius 1 is 1.25 bits per heavy atom. The van der Waals surface area contributed by atoms with Gasteiger partial charge in [-0.2, -0.15) is 0 Å². The van der Waals surface area contributed by atoms with Crippen LogP contribution in [0, 0.1) is 5.41 Å². The molecule has 0 aromatic heterocycles. The van der Waals surface area contributed by atoms with Crippen LogP contribution in [-0.2, 0) is 4.57 Å². The minimum atomic E-state index is -3.56. The van der Waals surface area contributed by atoms with Crippen molar-refractivity contribution >= 4 is 55.5 Å². The summed E-state index contributed by atoms with van der Waals surface area (Å²) in [5.41, 5.74) is 5.41. The van der Waals surface area contributed by atoms with E-state index in [1.807, 2.05) is 0 Å². The van der Waals surface area contributed by atoms with E-state index in [9.17, 15) is 9.46 Å². The number of alkyl halides is 3. The molecule has 1 fully saturated rings. The molecule has 1 heterocycles. The van der Waals surface area contributed by atoms with Gasteiger partial charge in [0.25, 0.3) is 0 Å². The molecule has 1 saturated heterocycles. The Kier molecular flexibility index (Phi) is 5.54. The fraction of sp³-hybridized carbons (Fsp3) is 1.00. The number of hydrogen-bond acceptors (Lipinski definition) is 1. The van der Waals surface area contributed by atoms with Crippen molar-refractivity contribution in [2.75, 3.05) is 35.6 Å². The number of quaternary nitrogens is 1. The largest absolute Gasteiger partial charge is 0.455 e. The van der Waals surface area contributed by atoms with Gasteiger partial charge in [-0.15, -0.1) is 0 Å². The van der Waals surface area contributed by atoms with Gasteiger partial charge < -0.3 is 0 Å². The van der Waals surface area contributed by atoms with E-state index < -0.39 is 7.67 Å². The average Bonchev–Trinajstić information content (AvgIpc) is 2.16. The molecular weight excluding hydrogens is 427 g/mol. The van der Waals surface area contributed by atoms with Gasteiger partial charge in [0.05, 0.1) is 19.6 Å².